The van der Waals surface area contributed by atoms with Gasteiger partial charge in [-0.2, -0.15) is 0 Å². The maximum atomic E-state index is 13.7. The Balaban J connectivity index is 2.63. The van der Waals surface area contributed by atoms with Gasteiger partial charge >= 0.3 is 6.09 Å². The summed E-state index contributed by atoms with van der Waals surface area (Å²) in [6.07, 6.45) is 0.902. The van der Waals surface area contributed by atoms with Gasteiger partial charge in [0.25, 0.3) is 0 Å². The van der Waals surface area contributed by atoms with E-state index >= 15 is 0 Å². The minimum Gasteiger partial charge on any atom is -0.444 e. The van der Waals surface area contributed by atoms with E-state index in [0.29, 0.717) is 13.0 Å². The second kappa shape index (κ2) is 6.18. The highest BCUT2D eigenvalue weighted by Crippen LogP contribution is 2.20. The highest BCUT2D eigenvalue weighted by atomic mass is 19.1. The Hall–Kier alpha value is -1.10. The van der Waals surface area contributed by atoms with Crippen molar-refractivity contribution in [3.05, 3.63) is 11.6 Å². The molecule has 0 radical (unpaired) electrons. The zero-order chi connectivity index (χ0) is 13.8. The third-order valence-corrected chi connectivity index (χ3v) is 2.64. The van der Waals surface area contributed by atoms with Crippen LogP contribution in [0.15, 0.2) is 11.6 Å². The summed E-state index contributed by atoms with van der Waals surface area (Å²) in [4.78, 5) is 13.2. The number of hydrogen-bond acceptors (Lipinski definition) is 3. The third kappa shape index (κ3) is 5.04. The van der Waals surface area contributed by atoms with E-state index in [2.05, 4.69) is 0 Å². The molecule has 1 unspecified atom stereocenters. The summed E-state index contributed by atoms with van der Waals surface area (Å²) in [5.41, 5.74) is 0.287. The van der Waals surface area contributed by atoms with Crippen molar-refractivity contribution in [3.8, 4) is 0 Å². The van der Waals surface area contributed by atoms with Gasteiger partial charge in [-0.1, -0.05) is 11.6 Å². The first-order chi connectivity index (χ1) is 8.31. The molecule has 1 heterocycles. The lowest BCUT2D eigenvalue weighted by atomic mass is 10.1. The second-order valence-electron chi connectivity index (χ2n) is 5.52. The molecule has 1 N–H and O–H groups in total. The van der Waals surface area contributed by atoms with Crippen molar-refractivity contribution in [2.24, 2.45) is 0 Å². The number of aliphatic hydroxyl groups excluding tert-OH is 1. The number of halogens is 1. The number of likely N-dealkylation sites (tertiary alicyclic amines) is 1. The SMILES string of the molecule is CC(C)(C)OC(=O)N1CC/C(=C\CO)CC(F)C1. The van der Waals surface area contributed by atoms with Crippen LogP contribution >= 0.6 is 0 Å². The van der Waals surface area contributed by atoms with E-state index < -0.39 is 17.9 Å². The fourth-order valence-electron chi connectivity index (χ4n) is 1.87. The van der Waals surface area contributed by atoms with Crippen LogP contribution in [-0.2, 0) is 4.74 Å². The maximum Gasteiger partial charge on any atom is 0.410 e. The Morgan fingerprint density at radius 1 is 1.61 bits per heavy atom. The predicted molar refractivity (Wildman–Crippen MR) is 67.1 cm³/mol. The summed E-state index contributed by atoms with van der Waals surface area (Å²) in [5, 5.41) is 8.82. The van der Waals surface area contributed by atoms with Crippen LogP contribution < -0.4 is 0 Å². The van der Waals surface area contributed by atoms with Crippen LogP contribution in [0.4, 0.5) is 9.18 Å². The third-order valence-electron chi connectivity index (χ3n) is 2.64. The lowest BCUT2D eigenvalue weighted by molar-refractivity contribution is 0.0221. The summed E-state index contributed by atoms with van der Waals surface area (Å²) in [7, 11) is 0. The van der Waals surface area contributed by atoms with Crippen molar-refractivity contribution >= 4 is 6.09 Å². The number of ether oxygens (including phenoxy) is 1. The van der Waals surface area contributed by atoms with Crippen molar-refractivity contribution in [1.29, 1.82) is 0 Å². The molecule has 18 heavy (non-hydrogen) atoms. The average molecular weight is 259 g/mol. The normalized spacial score (nSPS) is 23.9. The Labute approximate surface area is 107 Å². The molecule has 0 bridgehead atoms. The molecule has 1 aliphatic heterocycles. The van der Waals surface area contributed by atoms with E-state index in [9.17, 15) is 9.18 Å². The zero-order valence-corrected chi connectivity index (χ0v) is 11.3. The summed E-state index contributed by atoms with van der Waals surface area (Å²) in [5.74, 6) is 0. The van der Waals surface area contributed by atoms with E-state index in [4.69, 9.17) is 9.84 Å². The molecule has 0 spiro atoms. The lowest BCUT2D eigenvalue weighted by Crippen LogP contribution is -2.39. The molecular formula is C13H22FNO3. The van der Waals surface area contributed by atoms with Gasteiger partial charge in [-0.15, -0.1) is 0 Å². The molecule has 4 nitrogen and oxygen atoms in total. The van der Waals surface area contributed by atoms with Crippen LogP contribution in [0.1, 0.15) is 33.6 Å². The topological polar surface area (TPSA) is 49.8 Å². The molecule has 0 saturated carbocycles. The number of carbonyl (C=O) groups is 1. The molecule has 5 heteroatoms. The highest BCUT2D eigenvalue weighted by molar-refractivity contribution is 5.68. The van der Waals surface area contributed by atoms with E-state index in [0.717, 1.165) is 5.57 Å². The Bertz CT molecular complexity index is 323. The van der Waals surface area contributed by atoms with Crippen molar-refractivity contribution in [1.82, 2.24) is 4.90 Å². The number of hydrogen-bond donors (Lipinski definition) is 1. The van der Waals surface area contributed by atoms with Gasteiger partial charge in [-0.05, 0) is 27.2 Å². The van der Waals surface area contributed by atoms with Crippen LogP contribution in [0, 0.1) is 0 Å². The minimum atomic E-state index is -1.10. The van der Waals surface area contributed by atoms with Crippen molar-refractivity contribution in [2.45, 2.75) is 45.4 Å². The number of nitrogens with zero attached hydrogens (tertiary/aromatic N) is 1. The van der Waals surface area contributed by atoms with Crippen LogP contribution in [0.3, 0.4) is 0 Å². The molecule has 1 saturated heterocycles. The first-order valence-electron chi connectivity index (χ1n) is 6.22. The summed E-state index contributed by atoms with van der Waals surface area (Å²) >= 11 is 0. The van der Waals surface area contributed by atoms with Crippen LogP contribution in [0.5, 0.6) is 0 Å². The average Bonchev–Trinajstić information content (AvgIpc) is 2.38. The fourth-order valence-corrected chi connectivity index (χ4v) is 1.87. The molecule has 0 aromatic rings. The summed E-state index contributed by atoms with van der Waals surface area (Å²) in [6.45, 7) is 5.75. The standard InChI is InChI=1S/C13H22FNO3/c1-13(2,3)18-12(17)15-6-4-10(5-7-16)8-11(14)9-15/h5,11,16H,4,6-9H2,1-3H3/b10-5+. The van der Waals surface area contributed by atoms with E-state index in [-0.39, 0.29) is 19.6 Å². The van der Waals surface area contributed by atoms with Crippen molar-refractivity contribution < 1.29 is 19.0 Å². The number of amides is 1. The number of alkyl halides is 1. The van der Waals surface area contributed by atoms with E-state index in [1.54, 1.807) is 26.8 Å². The highest BCUT2D eigenvalue weighted by Gasteiger charge is 2.27. The Morgan fingerprint density at radius 3 is 2.83 bits per heavy atom. The fraction of sp³-hybridized carbons (Fsp3) is 0.769. The van der Waals surface area contributed by atoms with Crippen molar-refractivity contribution in [3.63, 3.8) is 0 Å². The molecule has 0 aliphatic carbocycles. The smallest absolute Gasteiger partial charge is 0.410 e. The van der Waals surface area contributed by atoms with Gasteiger partial charge in [0.05, 0.1) is 13.2 Å². The van der Waals surface area contributed by atoms with Gasteiger partial charge in [-0.3, -0.25) is 0 Å². The number of carbonyl (C=O) groups excluding carboxylic acids is 1. The Morgan fingerprint density at radius 2 is 2.28 bits per heavy atom. The molecule has 1 fully saturated rings. The van der Waals surface area contributed by atoms with Crippen molar-refractivity contribution in [2.75, 3.05) is 19.7 Å². The predicted octanol–water partition coefficient (Wildman–Crippen LogP) is 2.27. The largest absolute Gasteiger partial charge is 0.444 e. The number of rotatable bonds is 1. The van der Waals surface area contributed by atoms with Gasteiger partial charge in [0, 0.05) is 13.0 Å². The zero-order valence-electron chi connectivity index (χ0n) is 11.3. The van der Waals surface area contributed by atoms with Crippen LogP contribution in [0.25, 0.3) is 0 Å². The van der Waals surface area contributed by atoms with Gasteiger partial charge < -0.3 is 14.7 Å². The van der Waals surface area contributed by atoms with Gasteiger partial charge in [0.2, 0.25) is 0 Å². The molecule has 104 valence electrons. The molecule has 1 atom stereocenters. The van der Waals surface area contributed by atoms with Gasteiger partial charge in [-0.25, -0.2) is 9.18 Å². The molecule has 1 aliphatic rings. The minimum absolute atomic E-state index is 0.0533. The van der Waals surface area contributed by atoms with Gasteiger partial charge in [0.15, 0.2) is 0 Å². The van der Waals surface area contributed by atoms with Gasteiger partial charge in [0.1, 0.15) is 11.8 Å². The van der Waals surface area contributed by atoms with Crippen LogP contribution in [-0.4, -0.2) is 47.6 Å². The summed E-state index contributed by atoms with van der Waals surface area (Å²) in [6, 6.07) is 0. The first-order valence-corrected chi connectivity index (χ1v) is 6.22. The quantitative estimate of drug-likeness (QED) is 0.735. The monoisotopic (exact) mass is 259 g/mol. The number of aliphatic hydroxyl groups is 1. The first kappa shape index (κ1) is 15.0. The summed E-state index contributed by atoms with van der Waals surface area (Å²) < 4.78 is 18.9. The molecule has 0 aromatic heterocycles. The van der Waals surface area contributed by atoms with Crippen LogP contribution in [0.2, 0.25) is 0 Å². The van der Waals surface area contributed by atoms with E-state index in [1.807, 2.05) is 0 Å². The molecule has 0 aromatic carbocycles. The second-order valence-corrected chi connectivity index (χ2v) is 5.52. The molecular weight excluding hydrogens is 237 g/mol. The maximum absolute atomic E-state index is 13.7. The van der Waals surface area contributed by atoms with E-state index in [1.165, 1.54) is 4.90 Å². The Kier molecular flexibility index (Phi) is 5.14. The molecule has 1 rings (SSSR count). The molecule has 1 amide bonds. The lowest BCUT2D eigenvalue weighted by Gasteiger charge is -2.26.